The minimum atomic E-state index is -0.271. The Balaban J connectivity index is 1.90. The molecule has 0 radical (unpaired) electrons. The lowest BCUT2D eigenvalue weighted by atomic mass is 10.2. The number of amides is 2. The van der Waals surface area contributed by atoms with Crippen LogP contribution in [0.4, 0.5) is 5.82 Å². The van der Waals surface area contributed by atoms with E-state index in [1.807, 2.05) is 30.3 Å². The van der Waals surface area contributed by atoms with E-state index in [-0.39, 0.29) is 18.4 Å². The Morgan fingerprint density at radius 2 is 2.00 bits per heavy atom. The topological polar surface area (TPSA) is 75.4 Å². The van der Waals surface area contributed by atoms with Gasteiger partial charge in [-0.25, -0.2) is 0 Å². The molecular weight excluding hydrogens is 350 g/mol. The number of carbonyl (C=O) groups excluding carboxylic acids is 2. The van der Waals surface area contributed by atoms with E-state index >= 15 is 0 Å². The van der Waals surface area contributed by atoms with Gasteiger partial charge in [-0.3, -0.25) is 9.59 Å². The first-order chi connectivity index (χ1) is 12.6. The van der Waals surface area contributed by atoms with Gasteiger partial charge >= 0.3 is 0 Å². The molecule has 0 fully saturated rings. The third-order valence-electron chi connectivity index (χ3n) is 3.72. The molecular formula is C19H25N3O3S. The number of nitrogens with one attached hydrogen (secondary N) is 1. The number of aryl methyl sites for hydroxylation is 1. The van der Waals surface area contributed by atoms with Gasteiger partial charge in [0, 0.05) is 17.5 Å². The molecule has 2 amide bonds. The van der Waals surface area contributed by atoms with Gasteiger partial charge in [-0.1, -0.05) is 43.1 Å². The van der Waals surface area contributed by atoms with Crippen molar-refractivity contribution in [2.45, 2.75) is 38.0 Å². The van der Waals surface area contributed by atoms with Crippen molar-refractivity contribution in [3.8, 4) is 0 Å². The van der Waals surface area contributed by atoms with Crippen LogP contribution in [0.3, 0.4) is 0 Å². The number of aromatic nitrogens is 1. The fourth-order valence-corrected chi connectivity index (χ4v) is 3.20. The minimum Gasteiger partial charge on any atom is -0.360 e. The molecule has 0 atom stereocenters. The first kappa shape index (κ1) is 20.0. The fraction of sp³-hybridized carbons (Fsp3) is 0.421. The molecule has 140 valence electrons. The summed E-state index contributed by atoms with van der Waals surface area (Å²) in [6.45, 7) is 4.46. The van der Waals surface area contributed by atoms with Gasteiger partial charge in [-0.15, -0.1) is 11.8 Å². The monoisotopic (exact) mass is 375 g/mol. The van der Waals surface area contributed by atoms with E-state index in [0.29, 0.717) is 23.9 Å². The first-order valence-corrected chi connectivity index (χ1v) is 9.76. The summed E-state index contributed by atoms with van der Waals surface area (Å²) in [6.07, 6.45) is 2.97. The quantitative estimate of drug-likeness (QED) is 0.506. The van der Waals surface area contributed by atoms with Crippen LogP contribution in [-0.4, -0.2) is 40.7 Å². The van der Waals surface area contributed by atoms with E-state index in [9.17, 15) is 9.59 Å². The second-order valence-corrected chi connectivity index (χ2v) is 7.04. The molecule has 0 bridgehead atoms. The summed E-state index contributed by atoms with van der Waals surface area (Å²) in [4.78, 5) is 27.5. The SMILES string of the molecule is CCCCCN(CC(=O)Nc1cc(C)on1)C(=O)CSc1ccccc1. The van der Waals surface area contributed by atoms with Gasteiger partial charge in [0.05, 0.1) is 12.3 Å². The summed E-state index contributed by atoms with van der Waals surface area (Å²) in [5.41, 5.74) is 0. The van der Waals surface area contributed by atoms with Crippen molar-refractivity contribution >= 4 is 29.4 Å². The van der Waals surface area contributed by atoms with Crippen LogP contribution in [0.15, 0.2) is 45.8 Å². The number of nitrogens with zero attached hydrogens (tertiary/aromatic N) is 2. The molecule has 1 heterocycles. The maximum Gasteiger partial charge on any atom is 0.245 e. The predicted octanol–water partition coefficient (Wildman–Crippen LogP) is 3.73. The van der Waals surface area contributed by atoms with Gasteiger partial charge < -0.3 is 14.7 Å². The van der Waals surface area contributed by atoms with Crippen LogP contribution in [-0.2, 0) is 9.59 Å². The van der Waals surface area contributed by atoms with Gasteiger partial charge in [0.15, 0.2) is 5.82 Å². The number of rotatable bonds is 10. The van der Waals surface area contributed by atoms with Gasteiger partial charge in [0.2, 0.25) is 11.8 Å². The Morgan fingerprint density at radius 3 is 2.65 bits per heavy atom. The molecule has 2 rings (SSSR count). The van der Waals surface area contributed by atoms with Crippen molar-refractivity contribution in [1.29, 1.82) is 0 Å². The van der Waals surface area contributed by atoms with E-state index in [1.54, 1.807) is 17.9 Å². The summed E-state index contributed by atoms with van der Waals surface area (Å²) in [5.74, 6) is 0.990. The standard InChI is InChI=1S/C19H25N3O3S/c1-3-4-8-11-22(13-18(23)20-17-12-15(2)25-21-17)19(24)14-26-16-9-6-5-7-10-16/h5-7,9-10,12H,3-4,8,11,13-14H2,1-2H3,(H,20,21,23). The normalized spacial score (nSPS) is 10.5. The highest BCUT2D eigenvalue weighted by Gasteiger charge is 2.18. The van der Waals surface area contributed by atoms with Crippen LogP contribution in [0, 0.1) is 6.92 Å². The highest BCUT2D eigenvalue weighted by molar-refractivity contribution is 8.00. The van der Waals surface area contributed by atoms with Crippen LogP contribution in [0.2, 0.25) is 0 Å². The molecule has 1 aromatic carbocycles. The molecule has 1 aromatic heterocycles. The van der Waals surface area contributed by atoms with Crippen molar-refractivity contribution in [2.75, 3.05) is 24.2 Å². The number of carbonyl (C=O) groups is 2. The molecule has 0 aliphatic carbocycles. The molecule has 6 nitrogen and oxygen atoms in total. The zero-order chi connectivity index (χ0) is 18.8. The fourth-order valence-electron chi connectivity index (χ4n) is 2.38. The summed E-state index contributed by atoms with van der Waals surface area (Å²) < 4.78 is 4.94. The van der Waals surface area contributed by atoms with Crippen LogP contribution in [0.25, 0.3) is 0 Å². The molecule has 0 spiro atoms. The summed E-state index contributed by atoms with van der Waals surface area (Å²) in [6, 6.07) is 11.4. The highest BCUT2D eigenvalue weighted by atomic mass is 32.2. The molecule has 26 heavy (non-hydrogen) atoms. The molecule has 0 aliphatic heterocycles. The summed E-state index contributed by atoms with van der Waals surface area (Å²) >= 11 is 1.48. The van der Waals surface area contributed by atoms with Gasteiger partial charge in [0.25, 0.3) is 0 Å². The van der Waals surface area contributed by atoms with Crippen molar-refractivity contribution in [3.63, 3.8) is 0 Å². The predicted molar refractivity (Wildman–Crippen MR) is 103 cm³/mol. The molecule has 0 unspecified atom stereocenters. The second kappa shape index (κ2) is 10.7. The Hall–Kier alpha value is -2.28. The lowest BCUT2D eigenvalue weighted by Crippen LogP contribution is -2.39. The summed E-state index contributed by atoms with van der Waals surface area (Å²) in [5, 5.41) is 6.41. The van der Waals surface area contributed by atoms with Crippen molar-refractivity contribution in [3.05, 3.63) is 42.2 Å². The molecule has 0 saturated heterocycles. The molecule has 7 heteroatoms. The van der Waals surface area contributed by atoms with Gasteiger partial charge in [-0.05, 0) is 25.5 Å². The lowest BCUT2D eigenvalue weighted by molar-refractivity contribution is -0.132. The largest absolute Gasteiger partial charge is 0.360 e. The Morgan fingerprint density at radius 1 is 1.23 bits per heavy atom. The van der Waals surface area contributed by atoms with E-state index < -0.39 is 0 Å². The van der Waals surface area contributed by atoms with E-state index in [4.69, 9.17) is 4.52 Å². The van der Waals surface area contributed by atoms with E-state index in [2.05, 4.69) is 17.4 Å². The van der Waals surface area contributed by atoms with Crippen molar-refractivity contribution < 1.29 is 14.1 Å². The summed E-state index contributed by atoms with van der Waals surface area (Å²) in [7, 11) is 0. The Labute approximate surface area is 158 Å². The number of benzene rings is 1. The van der Waals surface area contributed by atoms with Crippen molar-refractivity contribution in [2.24, 2.45) is 0 Å². The van der Waals surface area contributed by atoms with Crippen LogP contribution in [0.5, 0.6) is 0 Å². The average molecular weight is 375 g/mol. The maximum atomic E-state index is 12.6. The first-order valence-electron chi connectivity index (χ1n) is 8.77. The van der Waals surface area contributed by atoms with E-state index in [0.717, 1.165) is 24.2 Å². The average Bonchev–Trinajstić information content (AvgIpc) is 3.04. The molecule has 0 saturated carbocycles. The van der Waals surface area contributed by atoms with Crippen LogP contribution < -0.4 is 5.32 Å². The lowest BCUT2D eigenvalue weighted by Gasteiger charge is -2.22. The van der Waals surface area contributed by atoms with Crippen LogP contribution >= 0.6 is 11.8 Å². The molecule has 1 N–H and O–H groups in total. The molecule has 2 aromatic rings. The van der Waals surface area contributed by atoms with E-state index in [1.165, 1.54) is 11.8 Å². The maximum absolute atomic E-state index is 12.6. The van der Waals surface area contributed by atoms with Gasteiger partial charge in [-0.2, -0.15) is 0 Å². The Kier molecular flexibility index (Phi) is 8.21. The minimum absolute atomic E-state index is 0.0177. The zero-order valence-corrected chi connectivity index (χ0v) is 16.1. The number of anilines is 1. The number of thioether (sulfide) groups is 1. The highest BCUT2D eigenvalue weighted by Crippen LogP contribution is 2.17. The molecule has 0 aliphatic rings. The third-order valence-corrected chi connectivity index (χ3v) is 4.72. The zero-order valence-electron chi connectivity index (χ0n) is 15.2. The number of hydrogen-bond acceptors (Lipinski definition) is 5. The smallest absolute Gasteiger partial charge is 0.245 e. The Bertz CT molecular complexity index is 703. The number of unbranched alkanes of at least 4 members (excludes halogenated alkanes) is 2. The van der Waals surface area contributed by atoms with Gasteiger partial charge in [0.1, 0.15) is 5.76 Å². The second-order valence-electron chi connectivity index (χ2n) is 6.00. The van der Waals surface area contributed by atoms with Crippen LogP contribution in [0.1, 0.15) is 31.9 Å². The number of hydrogen-bond donors (Lipinski definition) is 1. The van der Waals surface area contributed by atoms with Crippen molar-refractivity contribution in [1.82, 2.24) is 10.1 Å². The third kappa shape index (κ3) is 6.92.